The number of carbonyl (C=O) groups excluding carboxylic acids is 1. The van der Waals surface area contributed by atoms with E-state index in [9.17, 15) is 22.2 Å². The number of amides is 1. The summed E-state index contributed by atoms with van der Waals surface area (Å²) in [5.74, 6) is -0.940. The van der Waals surface area contributed by atoms with Crippen molar-refractivity contribution in [3.8, 4) is 11.1 Å². The second-order valence-corrected chi connectivity index (χ2v) is 15.2. The van der Waals surface area contributed by atoms with E-state index < -0.39 is 27.2 Å². The van der Waals surface area contributed by atoms with Gasteiger partial charge in [0, 0.05) is 0 Å². The quantitative estimate of drug-likeness (QED) is 0.170. The number of hydrogen-bond acceptors (Lipinski definition) is 5. The molecule has 0 fully saturated rings. The number of pyridine rings is 1. The molecule has 1 aromatic heterocycles. The first-order valence-corrected chi connectivity index (χ1v) is 16.6. The fourth-order valence-electron chi connectivity index (χ4n) is 4.48. The van der Waals surface area contributed by atoms with Gasteiger partial charge in [0.25, 0.3) is 0 Å². The van der Waals surface area contributed by atoms with Crippen molar-refractivity contribution in [2.45, 2.75) is 42.6 Å². The molecule has 218 valence electrons. The Balaban J connectivity index is 1.52. The molecule has 0 spiro atoms. The molecular formula is C30H26F4N2O3PS2+. The van der Waals surface area contributed by atoms with Crippen molar-refractivity contribution in [3.63, 3.8) is 0 Å². The van der Waals surface area contributed by atoms with Gasteiger partial charge in [-0.1, -0.05) is 0 Å². The van der Waals surface area contributed by atoms with Gasteiger partial charge in [-0.2, -0.15) is 13.2 Å². The van der Waals surface area contributed by atoms with Gasteiger partial charge in [0.05, 0.1) is 0 Å². The third-order valence-corrected chi connectivity index (χ3v) is 12.2. The zero-order valence-corrected chi connectivity index (χ0v) is 25.4. The van der Waals surface area contributed by atoms with Crippen molar-refractivity contribution in [2.75, 3.05) is 16.9 Å². The number of alkyl halides is 3. The van der Waals surface area contributed by atoms with Crippen LogP contribution in [0.3, 0.4) is 0 Å². The van der Waals surface area contributed by atoms with Crippen LogP contribution in [0.4, 0.5) is 23.2 Å². The van der Waals surface area contributed by atoms with E-state index in [1.54, 1.807) is 36.0 Å². The van der Waals surface area contributed by atoms with E-state index in [0.29, 0.717) is 27.9 Å². The van der Waals surface area contributed by atoms with Crippen LogP contribution in [0.1, 0.15) is 37.1 Å². The molecule has 1 atom stereocenters. The summed E-state index contributed by atoms with van der Waals surface area (Å²) in [6, 6.07) is 11.9. The molecule has 0 N–H and O–H groups in total. The number of nitrogens with zero attached hydrogens (tertiary/aromatic N) is 2. The van der Waals surface area contributed by atoms with Crippen molar-refractivity contribution < 1.29 is 31.3 Å². The zero-order chi connectivity index (χ0) is 30.4. The van der Waals surface area contributed by atoms with Crippen molar-refractivity contribution in [3.05, 3.63) is 83.9 Å². The molecule has 0 bridgehead atoms. The molecule has 3 aromatic rings. The van der Waals surface area contributed by atoms with E-state index in [2.05, 4.69) is 16.6 Å². The van der Waals surface area contributed by atoms with Gasteiger partial charge >= 0.3 is 218 Å². The van der Waals surface area contributed by atoms with E-state index in [1.165, 1.54) is 23.1 Å². The number of anilines is 1. The summed E-state index contributed by atoms with van der Waals surface area (Å²) >= 11 is 1.61. The van der Waals surface area contributed by atoms with Gasteiger partial charge in [-0.15, -0.1) is 0 Å². The number of hydrogen-bond donors (Lipinski definition) is 0. The number of ether oxygens (including phenoxy) is 1. The van der Waals surface area contributed by atoms with Gasteiger partial charge in [0.1, 0.15) is 5.69 Å². The molecule has 2 aliphatic rings. The number of fused-ring (bicyclic) bond motifs is 1. The van der Waals surface area contributed by atoms with Gasteiger partial charge in [0.15, 0.2) is 0 Å². The van der Waals surface area contributed by atoms with E-state index >= 15 is 4.39 Å². The average Bonchev–Trinajstić information content (AvgIpc) is 3.03. The van der Waals surface area contributed by atoms with E-state index in [1.807, 2.05) is 20.1 Å². The van der Waals surface area contributed by atoms with Crippen molar-refractivity contribution in [2.24, 2.45) is 0 Å². The molecule has 5 nitrogen and oxygen atoms in total. The molecule has 0 radical (unpaired) electrons. The Morgan fingerprint density at radius 3 is 2.38 bits per heavy atom. The summed E-state index contributed by atoms with van der Waals surface area (Å²) in [6.07, 6.45) is -1.45. The zero-order valence-electron chi connectivity index (χ0n) is 22.9. The van der Waals surface area contributed by atoms with Crippen molar-refractivity contribution >= 4 is 56.7 Å². The van der Waals surface area contributed by atoms with Crippen LogP contribution < -0.4 is 4.90 Å². The fourth-order valence-corrected chi connectivity index (χ4v) is 7.78. The molecular weight excluding hydrogens is 607 g/mol. The molecule has 2 aromatic carbocycles. The van der Waals surface area contributed by atoms with Crippen molar-refractivity contribution in [1.29, 1.82) is 0 Å². The molecule has 42 heavy (non-hydrogen) atoms. The third kappa shape index (κ3) is 5.81. The summed E-state index contributed by atoms with van der Waals surface area (Å²) in [6.45, 7) is 7.71. The Kier molecular flexibility index (Phi) is 8.20. The van der Waals surface area contributed by atoms with Crippen LogP contribution in [-0.2, 0) is 31.8 Å². The van der Waals surface area contributed by atoms with Gasteiger partial charge in [-0.25, -0.2) is 0 Å². The number of benzene rings is 2. The standard InChI is InChI=1S/C30H26F4N2O3PS2/c1-5-42(38)13-12-26(37)36(17-18-6-8-19(9-7-18)20-10-11-25(35-16-20)30(32,33)34)23-14-21(22(31)15-24(23)42)27-39-28(40-27)29(2,3)41-4/h6-11,14-16H,1,12-13,17H2,2-4H3/q+1. The van der Waals surface area contributed by atoms with Crippen LogP contribution in [0.5, 0.6) is 0 Å². The maximum atomic E-state index is 15.4. The predicted molar refractivity (Wildman–Crippen MR) is 164 cm³/mol. The minimum absolute atomic E-state index is 0.0390. The van der Waals surface area contributed by atoms with Crippen molar-refractivity contribution in [1.82, 2.24) is 4.98 Å². The van der Waals surface area contributed by atoms with Gasteiger partial charge in [-0.05, 0) is 6.07 Å². The summed E-state index contributed by atoms with van der Waals surface area (Å²) in [5, 5.41) is 2.57. The topological polar surface area (TPSA) is 59.5 Å². The number of halogens is 4. The molecule has 0 saturated carbocycles. The first kappa shape index (κ1) is 30.5. The number of aromatic nitrogens is 1. The van der Waals surface area contributed by atoms with E-state index in [0.717, 1.165) is 25.6 Å². The fraction of sp³-hybridized carbons (Fsp3) is 0.267. The SMILES string of the molecule is C=C=S1(=O)CCC(=O)N(Cc2ccc(-c3ccc(C(F)(F)F)nc3)cc2)c2cc(C3=[P+]=C(C(C)(C)SC)O3)c(F)cc21. The van der Waals surface area contributed by atoms with Gasteiger partial charge < -0.3 is 0 Å². The molecule has 2 aliphatic heterocycles. The van der Waals surface area contributed by atoms with E-state index in [4.69, 9.17) is 4.74 Å². The van der Waals surface area contributed by atoms with Gasteiger partial charge in [-0.3, -0.25) is 4.98 Å². The summed E-state index contributed by atoms with van der Waals surface area (Å²) in [7, 11) is -2.30. The third-order valence-electron chi connectivity index (χ3n) is 7.17. The first-order valence-electron chi connectivity index (χ1n) is 12.8. The Bertz CT molecular complexity index is 1800. The Hall–Kier alpha value is -2.94. The van der Waals surface area contributed by atoms with Crippen LogP contribution in [0, 0.1) is 5.82 Å². The van der Waals surface area contributed by atoms with Crippen LogP contribution in [0.15, 0.2) is 66.2 Å². The first-order chi connectivity index (χ1) is 19.8. The average molecular weight is 634 g/mol. The number of carbonyl (C=O) groups is 1. The molecule has 0 saturated heterocycles. The number of rotatable bonds is 6. The second-order valence-electron chi connectivity index (χ2n) is 10.2. The van der Waals surface area contributed by atoms with Crippen LogP contribution in [0.2, 0.25) is 0 Å². The second kappa shape index (κ2) is 11.3. The summed E-state index contributed by atoms with van der Waals surface area (Å²) in [5.41, 5.74) is 2.58. The summed E-state index contributed by atoms with van der Waals surface area (Å²) < 4.78 is 73.5. The van der Waals surface area contributed by atoms with Crippen LogP contribution in [-0.4, -0.2) is 47.8 Å². The Morgan fingerprint density at radius 1 is 1.14 bits per heavy atom. The Labute approximate surface area is 247 Å². The maximum absolute atomic E-state index is 15.4. The molecule has 1 unspecified atom stereocenters. The predicted octanol–water partition coefficient (Wildman–Crippen LogP) is 6.80. The molecule has 3 heterocycles. The van der Waals surface area contributed by atoms with E-state index in [-0.39, 0.29) is 39.8 Å². The molecule has 0 aliphatic carbocycles. The normalized spacial score (nSPS) is 19.0. The Morgan fingerprint density at radius 2 is 1.81 bits per heavy atom. The van der Waals surface area contributed by atoms with Gasteiger partial charge in [0.2, 0.25) is 0 Å². The molecule has 5 rings (SSSR count). The summed E-state index contributed by atoms with van der Waals surface area (Å²) in [4.78, 5) is 18.5. The molecule has 1 amide bonds. The monoisotopic (exact) mass is 633 g/mol. The van der Waals surface area contributed by atoms with Crippen LogP contribution >= 0.6 is 19.6 Å². The number of thioether (sulfide) groups is 1. The van der Waals surface area contributed by atoms with Crippen LogP contribution in [0.25, 0.3) is 11.1 Å². The molecule has 12 heteroatoms. The minimum atomic E-state index is -4.53.